The van der Waals surface area contributed by atoms with Crippen molar-refractivity contribution in [2.45, 2.75) is 13.0 Å². The number of hydrogen-bond donors (Lipinski definition) is 3. The summed E-state index contributed by atoms with van der Waals surface area (Å²) in [4.78, 5) is 0. The van der Waals surface area contributed by atoms with Crippen molar-refractivity contribution in [2.24, 2.45) is 0 Å². The van der Waals surface area contributed by atoms with Crippen LogP contribution in [-0.2, 0) is 0 Å². The van der Waals surface area contributed by atoms with Gasteiger partial charge in [0, 0.05) is 0 Å². The smallest absolute Gasteiger partial charge is 0.240 e. The summed E-state index contributed by atoms with van der Waals surface area (Å²) >= 11 is 0. The van der Waals surface area contributed by atoms with Gasteiger partial charge in [-0.3, -0.25) is 0 Å². The van der Waals surface area contributed by atoms with Crippen LogP contribution in [0, 0.1) is 0 Å². The quantitative estimate of drug-likeness (QED) is 0.421. The van der Waals surface area contributed by atoms with Crippen molar-refractivity contribution in [3.8, 4) is 0 Å². The fourth-order valence-corrected chi connectivity index (χ4v) is 0.601. The lowest BCUT2D eigenvalue weighted by Crippen LogP contribution is -2.16. The molecule has 0 fully saturated rings. The van der Waals surface area contributed by atoms with Gasteiger partial charge in [0.05, 0.1) is 0 Å². The topological polar surface area (TPSA) is 103 Å². The Labute approximate surface area is 57.4 Å². The normalized spacial score (nSPS) is 13.4. The zero-order valence-corrected chi connectivity index (χ0v) is 5.52. The number of aliphatic hydroxyl groups is 1. The van der Waals surface area contributed by atoms with Gasteiger partial charge in [0.2, 0.25) is 5.95 Å². The number of aliphatic hydroxyl groups excluding tert-OH is 1. The molecule has 5 N–H and O–H groups in total. The molecule has 1 atom stereocenters. The van der Waals surface area contributed by atoms with E-state index < -0.39 is 6.10 Å². The van der Waals surface area contributed by atoms with E-state index in [1.54, 1.807) is 0 Å². The standard InChI is InChI=1S/C4H9N5O/c1-2(10)3-7-8-4(5)9(3)6/h2,10H,6H2,1H3,(H2,5,8)/t2-/m0/s1. The number of aromatic nitrogens is 3. The van der Waals surface area contributed by atoms with Crippen LogP contribution in [0.1, 0.15) is 18.9 Å². The van der Waals surface area contributed by atoms with Crippen LogP contribution in [0.2, 0.25) is 0 Å². The van der Waals surface area contributed by atoms with Crippen molar-refractivity contribution in [2.75, 3.05) is 11.6 Å². The second-order valence-electron chi connectivity index (χ2n) is 1.96. The van der Waals surface area contributed by atoms with Crippen LogP contribution in [0.5, 0.6) is 0 Å². The molecule has 6 nitrogen and oxygen atoms in total. The van der Waals surface area contributed by atoms with E-state index in [9.17, 15) is 0 Å². The summed E-state index contributed by atoms with van der Waals surface area (Å²) in [6, 6.07) is 0. The van der Waals surface area contributed by atoms with E-state index in [0.29, 0.717) is 0 Å². The number of nitrogens with two attached hydrogens (primary N) is 2. The predicted molar refractivity (Wildman–Crippen MR) is 35.2 cm³/mol. The molecule has 0 saturated carbocycles. The lowest BCUT2D eigenvalue weighted by molar-refractivity contribution is 0.186. The Morgan fingerprint density at radius 1 is 1.60 bits per heavy atom. The molecular formula is C4H9N5O. The van der Waals surface area contributed by atoms with Crippen LogP contribution < -0.4 is 11.6 Å². The summed E-state index contributed by atoms with van der Waals surface area (Å²) in [5, 5.41) is 15.9. The molecule has 10 heavy (non-hydrogen) atoms. The van der Waals surface area contributed by atoms with Gasteiger partial charge in [-0.25, -0.2) is 4.68 Å². The largest absolute Gasteiger partial charge is 0.385 e. The van der Waals surface area contributed by atoms with Gasteiger partial charge in [-0.2, -0.15) is 0 Å². The van der Waals surface area contributed by atoms with E-state index in [4.69, 9.17) is 16.7 Å². The van der Waals surface area contributed by atoms with Crippen LogP contribution in [0.3, 0.4) is 0 Å². The summed E-state index contributed by atoms with van der Waals surface area (Å²) in [6.45, 7) is 1.53. The van der Waals surface area contributed by atoms with E-state index >= 15 is 0 Å². The molecule has 6 heteroatoms. The van der Waals surface area contributed by atoms with Gasteiger partial charge >= 0.3 is 0 Å². The molecule has 0 aliphatic rings. The van der Waals surface area contributed by atoms with E-state index in [1.807, 2.05) is 0 Å². The third-order valence-electron chi connectivity index (χ3n) is 1.12. The number of nitrogens with zero attached hydrogens (tertiary/aromatic N) is 3. The molecule has 1 aromatic rings. The SMILES string of the molecule is C[C@H](O)c1nnc(N)n1N. The Morgan fingerprint density at radius 2 is 2.20 bits per heavy atom. The summed E-state index contributed by atoms with van der Waals surface area (Å²) in [5.41, 5.74) is 5.23. The van der Waals surface area contributed by atoms with Gasteiger partial charge in [0.25, 0.3) is 0 Å². The Balaban J connectivity index is 3.05. The van der Waals surface area contributed by atoms with Gasteiger partial charge in [0.1, 0.15) is 6.10 Å². The highest BCUT2D eigenvalue weighted by Crippen LogP contribution is 2.07. The molecular weight excluding hydrogens is 134 g/mol. The van der Waals surface area contributed by atoms with Gasteiger partial charge in [-0.1, -0.05) is 0 Å². The molecule has 0 spiro atoms. The fraction of sp³-hybridized carbons (Fsp3) is 0.500. The average molecular weight is 143 g/mol. The highest BCUT2D eigenvalue weighted by molar-refractivity contribution is 5.17. The second-order valence-corrected chi connectivity index (χ2v) is 1.96. The third kappa shape index (κ3) is 0.883. The van der Waals surface area contributed by atoms with Gasteiger partial charge in [0.15, 0.2) is 5.82 Å². The minimum Gasteiger partial charge on any atom is -0.385 e. The third-order valence-corrected chi connectivity index (χ3v) is 1.12. The van der Waals surface area contributed by atoms with E-state index in [2.05, 4.69) is 10.2 Å². The molecule has 0 aliphatic carbocycles. The molecule has 0 aromatic carbocycles. The molecule has 56 valence electrons. The van der Waals surface area contributed by atoms with Gasteiger partial charge in [-0.15, -0.1) is 10.2 Å². The summed E-state index contributed by atoms with van der Waals surface area (Å²) in [6.07, 6.45) is -0.741. The van der Waals surface area contributed by atoms with Crippen molar-refractivity contribution in [3.05, 3.63) is 5.82 Å². The monoisotopic (exact) mass is 143 g/mol. The summed E-state index contributed by atoms with van der Waals surface area (Å²) in [7, 11) is 0. The molecule has 1 rings (SSSR count). The summed E-state index contributed by atoms with van der Waals surface area (Å²) < 4.78 is 1.05. The van der Waals surface area contributed by atoms with E-state index in [0.717, 1.165) is 4.68 Å². The van der Waals surface area contributed by atoms with Crippen molar-refractivity contribution in [3.63, 3.8) is 0 Å². The molecule has 1 heterocycles. The Bertz CT molecular complexity index is 230. The lowest BCUT2D eigenvalue weighted by Gasteiger charge is -2.01. The number of hydrogen-bond acceptors (Lipinski definition) is 5. The minimum atomic E-state index is -0.741. The predicted octanol–water partition coefficient (Wildman–Crippen LogP) is -1.37. The highest BCUT2D eigenvalue weighted by atomic mass is 16.3. The van der Waals surface area contributed by atoms with E-state index in [1.165, 1.54) is 6.92 Å². The first-order valence-corrected chi connectivity index (χ1v) is 2.77. The van der Waals surface area contributed by atoms with Gasteiger partial charge < -0.3 is 16.7 Å². The minimum absolute atomic E-state index is 0.0934. The molecule has 0 bridgehead atoms. The molecule has 0 radical (unpaired) electrons. The average Bonchev–Trinajstić information content (AvgIpc) is 2.14. The fourth-order valence-electron chi connectivity index (χ4n) is 0.601. The van der Waals surface area contributed by atoms with Crippen molar-refractivity contribution in [1.82, 2.24) is 14.9 Å². The number of anilines is 1. The molecule has 0 amide bonds. The van der Waals surface area contributed by atoms with Crippen molar-refractivity contribution >= 4 is 5.95 Å². The Morgan fingerprint density at radius 3 is 2.40 bits per heavy atom. The molecule has 1 aromatic heterocycles. The van der Waals surface area contributed by atoms with Crippen LogP contribution in [0.4, 0.5) is 5.95 Å². The van der Waals surface area contributed by atoms with Crippen LogP contribution >= 0.6 is 0 Å². The molecule has 0 aliphatic heterocycles. The maximum atomic E-state index is 8.96. The Kier molecular flexibility index (Phi) is 1.46. The van der Waals surface area contributed by atoms with Crippen molar-refractivity contribution in [1.29, 1.82) is 0 Å². The first kappa shape index (κ1) is 6.81. The zero-order valence-electron chi connectivity index (χ0n) is 5.52. The zero-order chi connectivity index (χ0) is 7.72. The maximum absolute atomic E-state index is 8.96. The molecule has 0 unspecified atom stereocenters. The first-order valence-electron chi connectivity index (χ1n) is 2.77. The van der Waals surface area contributed by atoms with Gasteiger partial charge in [-0.05, 0) is 6.92 Å². The summed E-state index contributed by atoms with van der Waals surface area (Å²) in [5.74, 6) is 5.67. The van der Waals surface area contributed by atoms with Crippen molar-refractivity contribution < 1.29 is 5.11 Å². The maximum Gasteiger partial charge on any atom is 0.240 e. The number of nitrogen functional groups attached to an aromatic ring is 2. The van der Waals surface area contributed by atoms with Crippen LogP contribution in [-0.4, -0.2) is 20.0 Å². The van der Waals surface area contributed by atoms with E-state index in [-0.39, 0.29) is 11.8 Å². The number of rotatable bonds is 1. The van der Waals surface area contributed by atoms with Crippen LogP contribution in [0.15, 0.2) is 0 Å². The lowest BCUT2D eigenvalue weighted by atomic mass is 10.4. The first-order chi connectivity index (χ1) is 4.63. The van der Waals surface area contributed by atoms with Crippen LogP contribution in [0.25, 0.3) is 0 Å². The highest BCUT2D eigenvalue weighted by Gasteiger charge is 2.10. The second kappa shape index (κ2) is 2.14. The Hall–Kier alpha value is -1.30. The molecule has 0 saturated heterocycles.